The van der Waals surface area contributed by atoms with E-state index in [9.17, 15) is 0 Å². The molecule has 3 unspecified atom stereocenters. The molecule has 0 spiro atoms. The Morgan fingerprint density at radius 1 is 1.45 bits per heavy atom. The van der Waals surface area contributed by atoms with Crippen LogP contribution in [0.4, 0.5) is 0 Å². The van der Waals surface area contributed by atoms with Crippen molar-refractivity contribution in [3.05, 3.63) is 0 Å². The fourth-order valence-corrected chi connectivity index (χ4v) is 3.66. The van der Waals surface area contributed by atoms with Crippen LogP contribution in [0.15, 0.2) is 0 Å². The monoisotopic (exact) mass is 279 g/mol. The molecule has 2 heteroatoms. The summed E-state index contributed by atoms with van der Waals surface area (Å²) >= 11 is 0. The molecular weight excluding hydrogens is 246 g/mol. The molecule has 0 bridgehead atoms. The summed E-state index contributed by atoms with van der Waals surface area (Å²) in [6, 6.07) is 0.457. The minimum atomic E-state index is 0.0379. The topological polar surface area (TPSA) is 21.3 Å². The van der Waals surface area contributed by atoms with Gasteiger partial charge in [-0.25, -0.2) is 0 Å². The Balaban J connectivity index is 2.76. The first kappa shape index (κ1) is 17.5. The molecule has 1 saturated carbocycles. The molecule has 0 heterocycles. The minimum Gasteiger partial charge on any atom is -0.374 e. The molecule has 1 N–H and O–H groups in total. The average Bonchev–Trinajstić information content (AvgIpc) is 2.43. The quantitative estimate of drug-likeness (QED) is 0.506. The van der Waals surface area contributed by atoms with Crippen molar-refractivity contribution in [3.63, 3.8) is 0 Å². The summed E-state index contributed by atoms with van der Waals surface area (Å²) in [5, 5.41) is 3.75. The predicted octanol–water partition coefficient (Wildman–Crippen LogP) is 4.14. The number of nitrogens with one attached hydrogen (secondary N) is 1. The van der Waals surface area contributed by atoms with Gasteiger partial charge in [-0.2, -0.15) is 0 Å². The normalized spacial score (nSPS) is 28.0. The van der Waals surface area contributed by atoms with Gasteiger partial charge < -0.3 is 10.1 Å². The third kappa shape index (κ3) is 5.11. The molecule has 1 rings (SSSR count). The smallest absolute Gasteiger partial charge is 0.0837 e. The van der Waals surface area contributed by atoms with Crippen molar-refractivity contribution in [2.24, 2.45) is 5.92 Å². The molecule has 0 radical (unpaired) electrons. The summed E-state index contributed by atoms with van der Waals surface area (Å²) in [5.74, 6) is 3.54. The second-order valence-corrected chi connectivity index (χ2v) is 6.30. The summed E-state index contributed by atoms with van der Waals surface area (Å²) in [5.41, 5.74) is 0.0379. The summed E-state index contributed by atoms with van der Waals surface area (Å²) < 4.78 is 6.32. The molecule has 0 aliphatic heterocycles. The van der Waals surface area contributed by atoms with Gasteiger partial charge in [-0.3, -0.25) is 0 Å². The Bertz CT molecular complexity index is 292. The Kier molecular flexibility index (Phi) is 8.26. The highest BCUT2D eigenvalue weighted by molar-refractivity contribution is 4.97. The molecule has 0 aromatic heterocycles. The molecule has 0 saturated heterocycles. The van der Waals surface area contributed by atoms with Crippen LogP contribution in [0.25, 0.3) is 0 Å². The van der Waals surface area contributed by atoms with E-state index >= 15 is 0 Å². The first-order valence-electron chi connectivity index (χ1n) is 8.49. The molecular formula is C18H33NO. The molecule has 0 amide bonds. The third-order valence-corrected chi connectivity index (χ3v) is 4.51. The van der Waals surface area contributed by atoms with Crippen molar-refractivity contribution in [1.29, 1.82) is 0 Å². The highest BCUT2D eigenvalue weighted by Gasteiger charge is 2.41. The lowest BCUT2D eigenvalue weighted by Gasteiger charge is -2.46. The second kappa shape index (κ2) is 9.42. The maximum absolute atomic E-state index is 6.32. The number of unbranched alkanes of at least 4 members (excludes halogenated alkanes) is 1. The fourth-order valence-electron chi connectivity index (χ4n) is 3.66. The van der Waals surface area contributed by atoms with E-state index in [-0.39, 0.29) is 5.60 Å². The summed E-state index contributed by atoms with van der Waals surface area (Å²) in [6.45, 7) is 8.60. The van der Waals surface area contributed by atoms with Gasteiger partial charge in [0.15, 0.2) is 0 Å². The molecule has 0 aromatic carbocycles. The van der Waals surface area contributed by atoms with Crippen LogP contribution in [-0.2, 0) is 4.74 Å². The number of hydrogen-bond donors (Lipinski definition) is 1. The lowest BCUT2D eigenvalue weighted by Crippen LogP contribution is -2.55. The van der Waals surface area contributed by atoms with E-state index in [0.717, 1.165) is 38.3 Å². The van der Waals surface area contributed by atoms with Crippen molar-refractivity contribution < 1.29 is 4.74 Å². The highest BCUT2D eigenvalue weighted by Crippen LogP contribution is 2.39. The summed E-state index contributed by atoms with van der Waals surface area (Å²) in [7, 11) is 0. The van der Waals surface area contributed by atoms with Gasteiger partial charge in [-0.15, -0.1) is 12.3 Å². The van der Waals surface area contributed by atoms with Gasteiger partial charge in [0.05, 0.1) is 5.60 Å². The van der Waals surface area contributed by atoms with Crippen molar-refractivity contribution in [2.75, 3.05) is 13.2 Å². The van der Waals surface area contributed by atoms with Crippen LogP contribution < -0.4 is 5.32 Å². The Hall–Kier alpha value is -0.520. The maximum atomic E-state index is 6.32. The van der Waals surface area contributed by atoms with Gasteiger partial charge >= 0.3 is 0 Å². The maximum Gasteiger partial charge on any atom is 0.0837 e. The predicted molar refractivity (Wildman–Crippen MR) is 86.8 cm³/mol. The fraction of sp³-hybridized carbons (Fsp3) is 0.889. The molecule has 3 atom stereocenters. The van der Waals surface area contributed by atoms with Crippen molar-refractivity contribution in [1.82, 2.24) is 5.32 Å². The number of rotatable bonds is 9. The molecule has 0 aromatic rings. The van der Waals surface area contributed by atoms with E-state index in [0.29, 0.717) is 6.04 Å². The van der Waals surface area contributed by atoms with Crippen LogP contribution in [0.2, 0.25) is 0 Å². The van der Waals surface area contributed by atoms with Crippen LogP contribution in [-0.4, -0.2) is 24.8 Å². The van der Waals surface area contributed by atoms with E-state index in [1.54, 1.807) is 0 Å². The van der Waals surface area contributed by atoms with E-state index in [2.05, 4.69) is 32.0 Å². The van der Waals surface area contributed by atoms with Crippen molar-refractivity contribution in [3.8, 4) is 12.3 Å². The van der Waals surface area contributed by atoms with Gasteiger partial charge in [-0.05, 0) is 51.5 Å². The van der Waals surface area contributed by atoms with E-state index in [1.165, 1.54) is 32.1 Å². The molecule has 1 aliphatic carbocycles. The van der Waals surface area contributed by atoms with Crippen molar-refractivity contribution in [2.45, 2.75) is 83.8 Å². The minimum absolute atomic E-state index is 0.0379. The summed E-state index contributed by atoms with van der Waals surface area (Å²) in [6.07, 6.45) is 14.7. The van der Waals surface area contributed by atoms with Crippen LogP contribution in [0.5, 0.6) is 0 Å². The zero-order chi connectivity index (χ0) is 14.8. The van der Waals surface area contributed by atoms with Crippen LogP contribution in [0, 0.1) is 18.3 Å². The van der Waals surface area contributed by atoms with E-state index in [1.807, 2.05) is 0 Å². The molecule has 2 nitrogen and oxygen atoms in total. The highest BCUT2D eigenvalue weighted by atomic mass is 16.5. The van der Waals surface area contributed by atoms with E-state index < -0.39 is 0 Å². The molecule has 116 valence electrons. The zero-order valence-electron chi connectivity index (χ0n) is 13.7. The number of hydrogen-bond acceptors (Lipinski definition) is 2. The van der Waals surface area contributed by atoms with Gasteiger partial charge in [0.2, 0.25) is 0 Å². The molecule has 20 heavy (non-hydrogen) atoms. The zero-order valence-corrected chi connectivity index (χ0v) is 13.7. The average molecular weight is 279 g/mol. The SMILES string of the molecule is C#CCCCC(NCCC)C1(OCC)CCCC(C)C1. The van der Waals surface area contributed by atoms with Crippen molar-refractivity contribution >= 4 is 0 Å². The third-order valence-electron chi connectivity index (χ3n) is 4.51. The van der Waals surface area contributed by atoms with Crippen LogP contribution in [0.1, 0.15) is 72.1 Å². The lowest BCUT2D eigenvalue weighted by atomic mass is 9.73. The van der Waals surface area contributed by atoms with Gasteiger partial charge in [0.25, 0.3) is 0 Å². The lowest BCUT2D eigenvalue weighted by molar-refractivity contribution is -0.102. The summed E-state index contributed by atoms with van der Waals surface area (Å²) in [4.78, 5) is 0. The Morgan fingerprint density at radius 2 is 2.25 bits per heavy atom. The number of ether oxygens (including phenoxy) is 1. The van der Waals surface area contributed by atoms with Gasteiger partial charge in [-0.1, -0.05) is 26.7 Å². The molecule has 1 fully saturated rings. The van der Waals surface area contributed by atoms with Gasteiger partial charge in [0.1, 0.15) is 0 Å². The first-order valence-corrected chi connectivity index (χ1v) is 8.49. The second-order valence-electron chi connectivity index (χ2n) is 6.30. The first-order chi connectivity index (χ1) is 9.68. The molecule has 1 aliphatic rings. The van der Waals surface area contributed by atoms with Gasteiger partial charge in [0, 0.05) is 19.1 Å². The largest absolute Gasteiger partial charge is 0.374 e. The van der Waals surface area contributed by atoms with Crippen LogP contribution >= 0.6 is 0 Å². The van der Waals surface area contributed by atoms with E-state index in [4.69, 9.17) is 11.2 Å². The Morgan fingerprint density at radius 3 is 2.85 bits per heavy atom. The standard InChI is InChI=1S/C18H33NO/c1-5-8-9-12-17(19-14-6-2)18(20-7-3)13-10-11-16(4)15-18/h1,16-17,19H,6-15H2,2-4H3. The number of terminal acetylenes is 1. The van der Waals surface area contributed by atoms with Crippen LogP contribution in [0.3, 0.4) is 0 Å². The Labute approximate surface area is 126 Å².